The third-order valence-corrected chi connectivity index (χ3v) is 6.74. The van der Waals surface area contributed by atoms with Gasteiger partial charge in [-0.1, -0.05) is 40.0 Å². The molecule has 1 N–H and O–H groups in total. The first-order valence-corrected chi connectivity index (χ1v) is 13.2. The van der Waals surface area contributed by atoms with Crippen molar-refractivity contribution in [3.63, 3.8) is 0 Å². The van der Waals surface area contributed by atoms with Crippen LogP contribution in [0.1, 0.15) is 19.4 Å². The summed E-state index contributed by atoms with van der Waals surface area (Å²) in [5.74, 6) is 0.263. The van der Waals surface area contributed by atoms with E-state index in [-0.39, 0.29) is 12.5 Å². The second-order valence-electron chi connectivity index (χ2n) is 7.77. The largest absolute Gasteiger partial charge is 0.470 e. The van der Waals surface area contributed by atoms with Crippen LogP contribution in [-0.2, 0) is 16.2 Å². The van der Waals surface area contributed by atoms with Gasteiger partial charge in [0.25, 0.3) is 5.91 Å². The minimum atomic E-state index is -0.798. The SMILES string of the molecule is CSC(Oc1ccc2ncc(Br)cc2c1)C(=O)NC(C)(C)C=NOCc1cc(Cl)c(Cl)cc1Cl. The van der Waals surface area contributed by atoms with Crippen LogP contribution in [0.15, 0.2) is 52.2 Å². The van der Waals surface area contributed by atoms with Crippen LogP contribution in [0.4, 0.5) is 0 Å². The second kappa shape index (κ2) is 11.8. The Hall–Kier alpha value is -1.71. The zero-order chi connectivity index (χ0) is 24.9. The van der Waals surface area contributed by atoms with Crippen LogP contribution in [0.3, 0.4) is 0 Å². The van der Waals surface area contributed by atoms with E-state index < -0.39 is 11.0 Å². The van der Waals surface area contributed by atoms with E-state index in [2.05, 4.69) is 31.4 Å². The van der Waals surface area contributed by atoms with Crippen molar-refractivity contribution in [3.05, 3.63) is 67.7 Å². The summed E-state index contributed by atoms with van der Waals surface area (Å²) in [6.45, 7) is 3.68. The van der Waals surface area contributed by atoms with Crippen LogP contribution in [0, 0.1) is 0 Å². The lowest BCUT2D eigenvalue weighted by Gasteiger charge is -2.24. The van der Waals surface area contributed by atoms with Gasteiger partial charge in [-0.25, -0.2) is 0 Å². The number of hydrogen-bond donors (Lipinski definition) is 1. The third-order valence-electron chi connectivity index (χ3n) is 4.50. The van der Waals surface area contributed by atoms with Crippen molar-refractivity contribution in [2.45, 2.75) is 31.4 Å². The number of carbonyl (C=O) groups excluding carboxylic acids is 1. The molecule has 0 bridgehead atoms. The van der Waals surface area contributed by atoms with Crippen LogP contribution < -0.4 is 10.1 Å². The Labute approximate surface area is 225 Å². The highest BCUT2D eigenvalue weighted by atomic mass is 79.9. The number of hydrogen-bond acceptors (Lipinski definition) is 6. The molecule has 2 aromatic carbocycles. The molecule has 0 saturated carbocycles. The quantitative estimate of drug-likeness (QED) is 0.122. The number of nitrogens with zero attached hydrogens (tertiary/aromatic N) is 2. The van der Waals surface area contributed by atoms with E-state index in [0.717, 1.165) is 15.4 Å². The molecular weight excluding hydrogens is 585 g/mol. The molecule has 1 unspecified atom stereocenters. The van der Waals surface area contributed by atoms with E-state index in [1.807, 2.05) is 18.2 Å². The predicted octanol–water partition coefficient (Wildman–Crippen LogP) is 7.12. The molecule has 1 aromatic heterocycles. The van der Waals surface area contributed by atoms with Crippen molar-refractivity contribution < 1.29 is 14.4 Å². The van der Waals surface area contributed by atoms with Crippen LogP contribution in [-0.4, -0.2) is 34.3 Å². The summed E-state index contributed by atoms with van der Waals surface area (Å²) in [5.41, 5.74) is -0.0847. The molecule has 3 rings (SSSR count). The van der Waals surface area contributed by atoms with Gasteiger partial charge in [0.2, 0.25) is 5.44 Å². The molecule has 0 aliphatic carbocycles. The van der Waals surface area contributed by atoms with Crippen molar-refractivity contribution >= 4 is 85.5 Å². The van der Waals surface area contributed by atoms with Gasteiger partial charge in [-0.2, -0.15) is 0 Å². The normalized spacial score (nSPS) is 12.7. The molecule has 3 aromatic rings. The number of nitrogens with one attached hydrogen (secondary N) is 1. The van der Waals surface area contributed by atoms with Crippen LogP contribution in [0.5, 0.6) is 5.75 Å². The summed E-state index contributed by atoms with van der Waals surface area (Å²) in [6.07, 6.45) is 5.02. The van der Waals surface area contributed by atoms with Gasteiger partial charge in [-0.15, -0.1) is 11.8 Å². The molecule has 0 aliphatic heterocycles. The lowest BCUT2D eigenvalue weighted by molar-refractivity contribution is -0.125. The molecule has 0 aliphatic rings. The summed E-state index contributed by atoms with van der Waals surface area (Å²) >= 11 is 22.8. The summed E-state index contributed by atoms with van der Waals surface area (Å²) in [6, 6.07) is 10.6. The van der Waals surface area contributed by atoms with Crippen molar-refractivity contribution in [2.75, 3.05) is 6.26 Å². The third kappa shape index (κ3) is 7.39. The highest BCUT2D eigenvalue weighted by molar-refractivity contribution is 9.10. The molecule has 0 fully saturated rings. The summed E-state index contributed by atoms with van der Waals surface area (Å²) in [4.78, 5) is 22.5. The molecule has 0 saturated heterocycles. The predicted molar refractivity (Wildman–Crippen MR) is 144 cm³/mol. The van der Waals surface area contributed by atoms with Gasteiger partial charge in [-0.3, -0.25) is 9.78 Å². The smallest absolute Gasteiger partial charge is 0.272 e. The van der Waals surface area contributed by atoms with Gasteiger partial charge in [-0.05, 0) is 72.4 Å². The van der Waals surface area contributed by atoms with Crippen LogP contribution in [0.25, 0.3) is 10.9 Å². The molecule has 0 spiro atoms. The number of carbonyl (C=O) groups is 1. The molecular formula is C23H21BrCl3N3O3S. The number of ether oxygens (including phenoxy) is 1. The number of fused-ring (bicyclic) bond motifs is 1. The van der Waals surface area contributed by atoms with Crippen molar-refractivity contribution in [1.29, 1.82) is 0 Å². The van der Waals surface area contributed by atoms with Gasteiger partial charge >= 0.3 is 0 Å². The fourth-order valence-corrected chi connectivity index (χ4v) is 4.30. The lowest BCUT2D eigenvalue weighted by atomic mass is 10.1. The number of amides is 1. The minimum Gasteiger partial charge on any atom is -0.470 e. The number of thioether (sulfide) groups is 1. The van der Waals surface area contributed by atoms with Gasteiger partial charge in [0, 0.05) is 26.6 Å². The molecule has 1 amide bonds. The van der Waals surface area contributed by atoms with Gasteiger partial charge in [0.1, 0.15) is 12.4 Å². The Morgan fingerprint density at radius 2 is 1.94 bits per heavy atom. The average Bonchev–Trinajstić information content (AvgIpc) is 2.77. The van der Waals surface area contributed by atoms with Gasteiger partial charge in [0.15, 0.2) is 0 Å². The molecule has 34 heavy (non-hydrogen) atoms. The second-order valence-corrected chi connectivity index (χ2v) is 10.8. The highest BCUT2D eigenvalue weighted by Gasteiger charge is 2.26. The topological polar surface area (TPSA) is 72.8 Å². The van der Waals surface area contributed by atoms with E-state index in [4.69, 9.17) is 44.4 Å². The zero-order valence-electron chi connectivity index (χ0n) is 18.4. The molecule has 180 valence electrons. The first-order valence-electron chi connectivity index (χ1n) is 9.94. The molecule has 0 radical (unpaired) electrons. The number of pyridine rings is 1. The maximum atomic E-state index is 12.9. The Balaban J connectivity index is 1.59. The number of aromatic nitrogens is 1. The molecule has 1 atom stereocenters. The summed E-state index contributed by atoms with van der Waals surface area (Å²) in [5, 5.41) is 8.93. The molecule has 6 nitrogen and oxygen atoms in total. The van der Waals surface area contributed by atoms with Crippen LogP contribution in [0.2, 0.25) is 15.1 Å². The van der Waals surface area contributed by atoms with Crippen molar-refractivity contribution in [3.8, 4) is 5.75 Å². The zero-order valence-corrected chi connectivity index (χ0v) is 23.1. The van der Waals surface area contributed by atoms with Crippen molar-refractivity contribution in [1.82, 2.24) is 10.3 Å². The minimum absolute atomic E-state index is 0.0970. The number of halogens is 4. The Morgan fingerprint density at radius 1 is 1.21 bits per heavy atom. The maximum absolute atomic E-state index is 12.9. The number of rotatable bonds is 9. The Kier molecular flexibility index (Phi) is 9.34. The van der Waals surface area contributed by atoms with E-state index in [1.54, 1.807) is 44.5 Å². The van der Waals surface area contributed by atoms with E-state index in [0.29, 0.717) is 26.4 Å². The van der Waals surface area contributed by atoms with E-state index in [1.165, 1.54) is 18.0 Å². The van der Waals surface area contributed by atoms with E-state index in [9.17, 15) is 4.79 Å². The highest BCUT2D eigenvalue weighted by Crippen LogP contribution is 2.29. The summed E-state index contributed by atoms with van der Waals surface area (Å²) in [7, 11) is 0. The molecule has 11 heteroatoms. The number of oxime groups is 1. The Morgan fingerprint density at radius 3 is 2.68 bits per heavy atom. The standard InChI is InChI=1S/C23H21BrCl3N3O3S/c1-23(2,12-29-32-11-14-8-18(26)19(27)9-17(14)25)30-21(31)22(34-3)33-16-4-5-20-13(7-16)6-15(24)10-28-20/h4-10,12,22H,11H2,1-3H3,(H,30,31). The van der Waals surface area contributed by atoms with Gasteiger partial charge < -0.3 is 14.9 Å². The lowest BCUT2D eigenvalue weighted by Crippen LogP contribution is -2.49. The first-order chi connectivity index (χ1) is 16.1. The van der Waals surface area contributed by atoms with E-state index >= 15 is 0 Å². The Bertz CT molecular complexity index is 1230. The average molecular weight is 606 g/mol. The first kappa shape index (κ1) is 26.9. The van der Waals surface area contributed by atoms with Gasteiger partial charge in [0.05, 0.1) is 27.3 Å². The maximum Gasteiger partial charge on any atom is 0.272 e. The number of benzene rings is 2. The monoisotopic (exact) mass is 603 g/mol. The fraction of sp³-hybridized carbons (Fsp3) is 0.261. The summed E-state index contributed by atoms with van der Waals surface area (Å²) < 4.78 is 6.79. The van der Waals surface area contributed by atoms with Crippen LogP contribution >= 0.6 is 62.5 Å². The molecule has 1 heterocycles. The fourth-order valence-electron chi connectivity index (χ4n) is 2.85. The van der Waals surface area contributed by atoms with Crippen molar-refractivity contribution in [2.24, 2.45) is 5.16 Å².